The molecule has 1 aliphatic rings. The number of para-hydroxylation sites is 1. The minimum absolute atomic E-state index is 0.570. The molecule has 1 aromatic heterocycles. The van der Waals surface area contributed by atoms with E-state index in [1.54, 1.807) is 0 Å². The van der Waals surface area contributed by atoms with Crippen molar-refractivity contribution in [2.24, 2.45) is 0 Å². The van der Waals surface area contributed by atoms with Gasteiger partial charge in [-0.05, 0) is 38.3 Å². The maximum absolute atomic E-state index is 10.1. The molecule has 5 nitrogen and oxygen atoms in total. The van der Waals surface area contributed by atoms with Crippen molar-refractivity contribution < 1.29 is 5.11 Å². The lowest BCUT2D eigenvalue weighted by molar-refractivity contribution is 0.0481. The van der Waals surface area contributed by atoms with Crippen LogP contribution in [0.3, 0.4) is 0 Å². The Morgan fingerprint density at radius 1 is 1.11 bits per heavy atom. The van der Waals surface area contributed by atoms with E-state index in [-0.39, 0.29) is 0 Å². The average Bonchev–Trinajstić information content (AvgIpc) is 2.59. The first-order valence-corrected chi connectivity index (χ1v) is 6.71. The van der Waals surface area contributed by atoms with Crippen molar-refractivity contribution in [3.63, 3.8) is 0 Å². The van der Waals surface area contributed by atoms with Crippen molar-refractivity contribution >= 4 is 17.0 Å². The summed E-state index contributed by atoms with van der Waals surface area (Å²) >= 11 is 0. The molecule has 2 aromatic rings. The van der Waals surface area contributed by atoms with Crippen molar-refractivity contribution in [2.75, 3.05) is 18.0 Å². The van der Waals surface area contributed by atoms with Crippen molar-refractivity contribution in [2.45, 2.75) is 31.8 Å². The van der Waals surface area contributed by atoms with Gasteiger partial charge in [0, 0.05) is 13.1 Å². The van der Waals surface area contributed by atoms with Gasteiger partial charge in [0.1, 0.15) is 5.52 Å². The quantitative estimate of drug-likeness (QED) is 0.844. The second kappa shape index (κ2) is 4.74. The zero-order chi connectivity index (χ0) is 13.3. The molecular weight excluding hydrogens is 240 g/mol. The summed E-state index contributed by atoms with van der Waals surface area (Å²) in [6, 6.07) is 7.74. The van der Waals surface area contributed by atoms with Crippen LogP contribution in [0.1, 0.15) is 26.2 Å². The highest BCUT2D eigenvalue weighted by Gasteiger charge is 2.26. The van der Waals surface area contributed by atoms with Crippen LogP contribution in [0.15, 0.2) is 24.3 Å². The van der Waals surface area contributed by atoms with E-state index < -0.39 is 5.60 Å². The number of benzene rings is 1. The number of hydrogen-bond donors (Lipinski definition) is 1. The van der Waals surface area contributed by atoms with Crippen LogP contribution in [0.2, 0.25) is 0 Å². The van der Waals surface area contributed by atoms with Crippen molar-refractivity contribution in [1.29, 1.82) is 0 Å². The number of fused-ring (bicyclic) bond motifs is 1. The predicted octanol–water partition coefficient (Wildman–Crippen LogP) is 1.77. The molecule has 0 saturated carbocycles. The second-order valence-corrected chi connectivity index (χ2v) is 5.44. The van der Waals surface area contributed by atoms with Crippen LogP contribution in [-0.4, -0.2) is 39.0 Å². The molecule has 5 heteroatoms. The molecule has 0 amide bonds. The Morgan fingerprint density at radius 3 is 2.74 bits per heavy atom. The number of hydrogen-bond acceptors (Lipinski definition) is 5. The average molecular weight is 258 g/mol. The molecule has 0 radical (unpaired) electrons. The molecule has 19 heavy (non-hydrogen) atoms. The first-order valence-electron chi connectivity index (χ1n) is 6.71. The number of aliphatic hydroxyl groups is 1. The van der Waals surface area contributed by atoms with E-state index in [4.69, 9.17) is 0 Å². The number of nitrogens with zero attached hydrogens (tertiary/aromatic N) is 4. The van der Waals surface area contributed by atoms with Crippen LogP contribution in [0.25, 0.3) is 11.0 Å². The second-order valence-electron chi connectivity index (χ2n) is 5.44. The first-order chi connectivity index (χ1) is 9.14. The van der Waals surface area contributed by atoms with E-state index in [2.05, 4.69) is 20.1 Å². The maximum Gasteiger partial charge on any atom is 0.245 e. The smallest absolute Gasteiger partial charge is 0.245 e. The van der Waals surface area contributed by atoms with Gasteiger partial charge in [0.05, 0.1) is 11.1 Å². The molecule has 0 spiro atoms. The molecule has 1 atom stereocenters. The van der Waals surface area contributed by atoms with Crippen molar-refractivity contribution in [3.8, 4) is 0 Å². The molecule has 1 saturated heterocycles. The van der Waals surface area contributed by atoms with Gasteiger partial charge >= 0.3 is 0 Å². The van der Waals surface area contributed by atoms with Gasteiger partial charge in [-0.25, -0.2) is 4.98 Å². The Kier molecular flexibility index (Phi) is 3.06. The van der Waals surface area contributed by atoms with Gasteiger partial charge < -0.3 is 10.0 Å². The molecule has 2 heterocycles. The highest BCUT2D eigenvalue weighted by Crippen LogP contribution is 2.23. The van der Waals surface area contributed by atoms with Crippen molar-refractivity contribution in [3.05, 3.63) is 24.3 Å². The van der Waals surface area contributed by atoms with Crippen molar-refractivity contribution in [1.82, 2.24) is 15.2 Å². The fraction of sp³-hybridized carbons (Fsp3) is 0.500. The predicted molar refractivity (Wildman–Crippen MR) is 74.0 cm³/mol. The fourth-order valence-electron chi connectivity index (χ4n) is 2.47. The Balaban J connectivity index is 1.87. The van der Waals surface area contributed by atoms with Crippen LogP contribution in [0, 0.1) is 0 Å². The third kappa shape index (κ3) is 2.66. The monoisotopic (exact) mass is 258 g/mol. The molecule has 0 bridgehead atoms. The Morgan fingerprint density at radius 2 is 1.89 bits per heavy atom. The van der Waals surface area contributed by atoms with E-state index in [1.165, 1.54) is 0 Å². The highest BCUT2D eigenvalue weighted by atomic mass is 16.3. The topological polar surface area (TPSA) is 62.1 Å². The zero-order valence-corrected chi connectivity index (χ0v) is 11.1. The standard InChI is InChI=1S/C14H18N4O/c1-14(19)7-4-9-18(10-8-14)13-15-11-5-2-3-6-12(11)16-17-13/h2-3,5-6,19H,4,7-10H2,1H3. The van der Waals surface area contributed by atoms with Crippen LogP contribution >= 0.6 is 0 Å². The molecule has 1 aliphatic heterocycles. The lowest BCUT2D eigenvalue weighted by Crippen LogP contribution is -2.29. The number of rotatable bonds is 1. The van der Waals surface area contributed by atoms with Crippen LogP contribution in [0.5, 0.6) is 0 Å². The minimum Gasteiger partial charge on any atom is -0.390 e. The van der Waals surface area contributed by atoms with E-state index in [9.17, 15) is 5.11 Å². The van der Waals surface area contributed by atoms with Gasteiger partial charge in [-0.15, -0.1) is 10.2 Å². The van der Waals surface area contributed by atoms with Gasteiger partial charge in [-0.3, -0.25) is 0 Å². The third-order valence-corrected chi connectivity index (χ3v) is 3.70. The summed E-state index contributed by atoms with van der Waals surface area (Å²) in [6.07, 6.45) is 2.51. The number of aromatic nitrogens is 3. The largest absolute Gasteiger partial charge is 0.390 e. The van der Waals surface area contributed by atoms with Crippen LogP contribution < -0.4 is 4.90 Å². The Hall–Kier alpha value is -1.75. The summed E-state index contributed by atoms with van der Waals surface area (Å²) in [4.78, 5) is 6.67. The number of anilines is 1. The molecule has 1 unspecified atom stereocenters. The molecule has 1 N–H and O–H groups in total. The van der Waals surface area contributed by atoms with E-state index in [0.717, 1.165) is 43.4 Å². The summed E-state index contributed by atoms with van der Waals surface area (Å²) in [7, 11) is 0. The Bertz CT molecular complexity index is 584. The van der Waals surface area contributed by atoms with E-state index in [0.29, 0.717) is 5.95 Å². The molecule has 1 fully saturated rings. The van der Waals surface area contributed by atoms with E-state index >= 15 is 0 Å². The summed E-state index contributed by atoms with van der Waals surface area (Å²) in [5, 5.41) is 18.5. The van der Waals surface area contributed by atoms with Gasteiger partial charge in [0.25, 0.3) is 0 Å². The minimum atomic E-state index is -0.570. The first kappa shape index (κ1) is 12.3. The lowest BCUT2D eigenvalue weighted by Gasteiger charge is -2.22. The highest BCUT2D eigenvalue weighted by molar-refractivity contribution is 5.74. The van der Waals surface area contributed by atoms with Crippen LogP contribution in [0.4, 0.5) is 5.95 Å². The summed E-state index contributed by atoms with van der Waals surface area (Å²) in [5.74, 6) is 0.663. The normalized spacial score (nSPS) is 24.4. The Labute approximate surface area is 112 Å². The summed E-state index contributed by atoms with van der Waals surface area (Å²) in [6.45, 7) is 3.54. The molecule has 1 aromatic carbocycles. The maximum atomic E-state index is 10.1. The van der Waals surface area contributed by atoms with Gasteiger partial charge in [-0.2, -0.15) is 0 Å². The molecular formula is C14H18N4O. The SMILES string of the molecule is CC1(O)CCCN(c2nnc3ccccc3n2)CC1. The summed E-state index contributed by atoms with van der Waals surface area (Å²) in [5.41, 5.74) is 1.11. The van der Waals surface area contributed by atoms with E-state index in [1.807, 2.05) is 31.2 Å². The van der Waals surface area contributed by atoms with Gasteiger partial charge in [0.2, 0.25) is 5.95 Å². The fourth-order valence-corrected chi connectivity index (χ4v) is 2.47. The molecule has 0 aliphatic carbocycles. The lowest BCUT2D eigenvalue weighted by atomic mass is 9.98. The molecule has 100 valence electrons. The summed E-state index contributed by atoms with van der Waals surface area (Å²) < 4.78 is 0. The van der Waals surface area contributed by atoms with Crippen LogP contribution in [-0.2, 0) is 0 Å². The van der Waals surface area contributed by atoms with Gasteiger partial charge in [-0.1, -0.05) is 12.1 Å². The van der Waals surface area contributed by atoms with Gasteiger partial charge in [0.15, 0.2) is 0 Å². The molecule has 3 rings (SSSR count). The third-order valence-electron chi connectivity index (χ3n) is 3.70. The zero-order valence-electron chi connectivity index (χ0n) is 11.1.